The molecule has 0 aliphatic rings. The van der Waals surface area contributed by atoms with Gasteiger partial charge in [0.25, 0.3) is 0 Å². The van der Waals surface area contributed by atoms with Gasteiger partial charge in [-0.1, -0.05) is 54.1 Å². The van der Waals surface area contributed by atoms with E-state index in [1.807, 2.05) is 42.5 Å². The van der Waals surface area contributed by atoms with Crippen LogP contribution in [0.15, 0.2) is 60.2 Å². The molecule has 0 amide bonds. The van der Waals surface area contributed by atoms with Crippen molar-refractivity contribution < 1.29 is 19.8 Å². The number of phenols is 1. The number of carbonyl (C=O) groups is 2. The molecule has 142 valence electrons. The fraction of sp³-hybridized carbons (Fsp3) is 0.167. The molecule has 0 spiro atoms. The Morgan fingerprint density at radius 3 is 2.14 bits per heavy atom. The number of ketones is 1. The van der Waals surface area contributed by atoms with Crippen LogP contribution in [0, 0.1) is 0 Å². The number of aliphatic carboxylic acids is 1. The summed E-state index contributed by atoms with van der Waals surface area (Å²) in [5.41, 5.74) is 3.24. The van der Waals surface area contributed by atoms with Crippen LogP contribution >= 0.6 is 0 Å². The van der Waals surface area contributed by atoms with Gasteiger partial charge in [0, 0.05) is 5.39 Å². The fourth-order valence-electron chi connectivity index (χ4n) is 3.57. The van der Waals surface area contributed by atoms with E-state index >= 15 is 0 Å². The van der Waals surface area contributed by atoms with Gasteiger partial charge in [0.1, 0.15) is 5.75 Å². The minimum absolute atomic E-state index is 0.101. The highest BCUT2D eigenvalue weighted by molar-refractivity contribution is 6.22. The number of allylic oxidation sites excluding steroid dienone is 1. The molecule has 4 heteroatoms. The average Bonchev–Trinajstić information content (AvgIpc) is 2.63. The lowest BCUT2D eigenvalue weighted by Gasteiger charge is -2.16. The first-order chi connectivity index (χ1) is 13.3. The summed E-state index contributed by atoms with van der Waals surface area (Å²) < 4.78 is 0. The fourth-order valence-corrected chi connectivity index (χ4v) is 3.57. The number of carboxylic acid groups (broad SMARTS) is 1. The monoisotopic (exact) mass is 374 g/mol. The van der Waals surface area contributed by atoms with Gasteiger partial charge in [0.2, 0.25) is 0 Å². The smallest absolute Gasteiger partial charge is 0.336 e. The van der Waals surface area contributed by atoms with E-state index in [1.165, 1.54) is 13.0 Å². The Balaban J connectivity index is 2.39. The van der Waals surface area contributed by atoms with Gasteiger partial charge >= 0.3 is 5.97 Å². The van der Waals surface area contributed by atoms with Crippen molar-refractivity contribution in [3.63, 3.8) is 0 Å². The Morgan fingerprint density at radius 2 is 1.57 bits per heavy atom. The largest absolute Gasteiger partial charge is 0.507 e. The van der Waals surface area contributed by atoms with Crippen LogP contribution in [0.3, 0.4) is 0 Å². The van der Waals surface area contributed by atoms with E-state index < -0.39 is 5.97 Å². The lowest BCUT2D eigenvalue weighted by atomic mass is 9.88. The molecule has 0 aliphatic carbocycles. The minimum Gasteiger partial charge on any atom is -0.507 e. The van der Waals surface area contributed by atoms with Gasteiger partial charge in [0.05, 0.1) is 11.1 Å². The molecule has 28 heavy (non-hydrogen) atoms. The van der Waals surface area contributed by atoms with Crippen LogP contribution in [0.4, 0.5) is 0 Å². The van der Waals surface area contributed by atoms with Crippen molar-refractivity contribution in [2.24, 2.45) is 0 Å². The van der Waals surface area contributed by atoms with E-state index in [1.54, 1.807) is 19.9 Å². The molecule has 3 rings (SSSR count). The predicted molar refractivity (Wildman–Crippen MR) is 111 cm³/mol. The summed E-state index contributed by atoms with van der Waals surface area (Å²) in [6, 6.07) is 16.8. The van der Waals surface area contributed by atoms with Gasteiger partial charge in [-0.05, 0) is 55.3 Å². The zero-order valence-electron chi connectivity index (χ0n) is 16.1. The Labute approximate surface area is 163 Å². The number of hydrogen-bond acceptors (Lipinski definition) is 3. The Morgan fingerprint density at radius 1 is 0.893 bits per heavy atom. The zero-order chi connectivity index (χ0) is 20.4. The second kappa shape index (κ2) is 7.69. The number of fused-ring (bicyclic) bond motifs is 1. The second-order valence-corrected chi connectivity index (χ2v) is 7.06. The lowest BCUT2D eigenvalue weighted by molar-refractivity contribution is -0.130. The second-order valence-electron chi connectivity index (χ2n) is 7.06. The summed E-state index contributed by atoms with van der Waals surface area (Å²) in [5, 5.41) is 21.8. The topological polar surface area (TPSA) is 74.6 Å². The predicted octanol–water partition coefficient (Wildman–Crippen LogP) is 5.22. The van der Waals surface area contributed by atoms with Crippen molar-refractivity contribution in [3.8, 4) is 5.75 Å². The van der Waals surface area contributed by atoms with Crippen molar-refractivity contribution in [1.29, 1.82) is 0 Å². The van der Waals surface area contributed by atoms with Gasteiger partial charge in [-0.15, -0.1) is 0 Å². The summed E-state index contributed by atoms with van der Waals surface area (Å²) in [5.74, 6) is -1.47. The molecule has 0 heterocycles. The van der Waals surface area contributed by atoms with Crippen molar-refractivity contribution in [3.05, 3.63) is 82.4 Å². The van der Waals surface area contributed by atoms with E-state index in [-0.39, 0.29) is 22.7 Å². The Hall–Kier alpha value is -3.40. The highest BCUT2D eigenvalue weighted by Crippen LogP contribution is 2.39. The highest BCUT2D eigenvalue weighted by Gasteiger charge is 2.22. The van der Waals surface area contributed by atoms with Gasteiger partial charge in [-0.3, -0.25) is 4.79 Å². The number of benzene rings is 3. The summed E-state index contributed by atoms with van der Waals surface area (Å²) in [4.78, 5) is 24.1. The van der Waals surface area contributed by atoms with E-state index in [0.717, 1.165) is 11.1 Å². The molecule has 2 N–H and O–H groups in total. The normalized spacial score (nSPS) is 10.7. The molecule has 4 nitrogen and oxygen atoms in total. The molecule has 0 saturated heterocycles. The standard InChI is InChI=1S/C24H22O4/c1-14(2)21(24(27)28)20-13-19(15(3)25)23(26)22-17(10-7-11-18(20)22)12-16-8-5-4-6-9-16/h4-11,13,26H,12H2,1-3H3,(H,27,28). The molecular formula is C24H22O4. The summed E-state index contributed by atoms with van der Waals surface area (Å²) in [6.45, 7) is 4.82. The quantitative estimate of drug-likeness (QED) is 0.474. The van der Waals surface area contributed by atoms with Crippen LogP contribution in [0.2, 0.25) is 0 Å². The molecular weight excluding hydrogens is 352 g/mol. The SMILES string of the molecule is CC(=O)c1cc(C(C(=O)O)=C(C)C)c2cccc(Cc3ccccc3)c2c1O. The van der Waals surface area contributed by atoms with Crippen LogP contribution in [0.25, 0.3) is 16.3 Å². The number of carboxylic acids is 1. The number of hydrogen-bond donors (Lipinski definition) is 2. The summed E-state index contributed by atoms with van der Waals surface area (Å²) in [7, 11) is 0. The third kappa shape index (κ3) is 3.54. The van der Waals surface area contributed by atoms with E-state index in [2.05, 4.69) is 0 Å². The van der Waals surface area contributed by atoms with Gasteiger partial charge in [-0.2, -0.15) is 0 Å². The maximum Gasteiger partial charge on any atom is 0.336 e. The average molecular weight is 374 g/mol. The molecule has 3 aromatic rings. The number of aromatic hydroxyl groups is 1. The van der Waals surface area contributed by atoms with Crippen LogP contribution in [-0.2, 0) is 11.2 Å². The van der Waals surface area contributed by atoms with Gasteiger partial charge < -0.3 is 10.2 Å². The number of phenolic OH excluding ortho intramolecular Hbond substituents is 1. The van der Waals surface area contributed by atoms with Gasteiger partial charge in [-0.25, -0.2) is 4.79 Å². The zero-order valence-corrected chi connectivity index (χ0v) is 16.1. The number of Topliss-reactive ketones (excluding diaryl/α,β-unsaturated/α-hetero) is 1. The molecule has 0 unspecified atom stereocenters. The Kier molecular flexibility index (Phi) is 5.32. The molecule has 0 saturated carbocycles. The van der Waals surface area contributed by atoms with Crippen LogP contribution in [0.1, 0.15) is 47.8 Å². The molecule has 0 bridgehead atoms. The van der Waals surface area contributed by atoms with E-state index in [9.17, 15) is 19.8 Å². The number of carbonyl (C=O) groups excluding carboxylic acids is 1. The minimum atomic E-state index is -1.06. The molecule has 0 aliphatic heterocycles. The van der Waals surface area contributed by atoms with Crippen molar-refractivity contribution >= 4 is 28.1 Å². The van der Waals surface area contributed by atoms with Gasteiger partial charge in [0.15, 0.2) is 5.78 Å². The summed E-state index contributed by atoms with van der Waals surface area (Å²) >= 11 is 0. The van der Waals surface area contributed by atoms with Crippen molar-refractivity contribution in [2.75, 3.05) is 0 Å². The summed E-state index contributed by atoms with van der Waals surface area (Å²) in [6.07, 6.45) is 0.559. The van der Waals surface area contributed by atoms with Crippen LogP contribution < -0.4 is 0 Å². The lowest BCUT2D eigenvalue weighted by Crippen LogP contribution is -2.06. The highest BCUT2D eigenvalue weighted by atomic mass is 16.4. The molecule has 0 fully saturated rings. The maximum absolute atomic E-state index is 12.2. The Bertz CT molecular complexity index is 1100. The van der Waals surface area contributed by atoms with Crippen molar-refractivity contribution in [1.82, 2.24) is 0 Å². The third-order valence-electron chi connectivity index (χ3n) is 4.82. The first kappa shape index (κ1) is 19.4. The first-order valence-electron chi connectivity index (χ1n) is 9.04. The first-order valence-corrected chi connectivity index (χ1v) is 9.04. The number of rotatable bonds is 5. The third-order valence-corrected chi connectivity index (χ3v) is 4.82. The van der Waals surface area contributed by atoms with E-state index in [0.29, 0.717) is 28.3 Å². The van der Waals surface area contributed by atoms with E-state index in [4.69, 9.17) is 0 Å². The van der Waals surface area contributed by atoms with Crippen LogP contribution in [-0.4, -0.2) is 22.0 Å². The maximum atomic E-state index is 12.2. The molecule has 0 atom stereocenters. The molecule has 0 aromatic heterocycles. The molecule has 0 radical (unpaired) electrons. The molecule has 3 aromatic carbocycles. The van der Waals surface area contributed by atoms with Crippen molar-refractivity contribution in [2.45, 2.75) is 27.2 Å². The van der Waals surface area contributed by atoms with Crippen LogP contribution in [0.5, 0.6) is 5.75 Å².